The van der Waals surface area contributed by atoms with E-state index >= 15 is 0 Å². The average molecular weight is 359 g/mol. The number of anilines is 1. The minimum absolute atomic E-state index is 0.0265. The quantitative estimate of drug-likeness (QED) is 0.758. The Morgan fingerprint density at radius 1 is 1.12 bits per heavy atom. The van der Waals surface area contributed by atoms with Crippen LogP contribution in [0.1, 0.15) is 32.7 Å². The zero-order chi connectivity index (χ0) is 16.9. The molecule has 2 heterocycles. The number of hydrogen-bond acceptors (Lipinski definition) is 4. The van der Waals surface area contributed by atoms with Crippen LogP contribution in [0.25, 0.3) is 0 Å². The van der Waals surface area contributed by atoms with Gasteiger partial charge in [-0.25, -0.2) is 0 Å². The van der Waals surface area contributed by atoms with Gasteiger partial charge in [0.25, 0.3) is 5.91 Å². The first-order valence-corrected chi connectivity index (χ1v) is 10.2. The molecular weight excluding hydrogens is 336 g/mol. The van der Waals surface area contributed by atoms with Gasteiger partial charge in [0, 0.05) is 29.4 Å². The molecule has 1 aromatic carbocycles. The van der Waals surface area contributed by atoms with Crippen molar-refractivity contribution in [3.05, 3.63) is 65.6 Å². The van der Waals surface area contributed by atoms with E-state index in [4.69, 9.17) is 0 Å². The van der Waals surface area contributed by atoms with Crippen molar-refractivity contribution in [2.45, 2.75) is 24.9 Å². The fourth-order valence-corrected chi connectivity index (χ4v) is 5.76. The lowest BCUT2D eigenvalue weighted by molar-refractivity contribution is 0.0965. The number of nitrogens with zero attached hydrogens (tertiary/aromatic N) is 1. The molecule has 3 nitrogen and oxygen atoms in total. The summed E-state index contributed by atoms with van der Waals surface area (Å²) >= 11 is 4.00. The number of benzene rings is 1. The van der Waals surface area contributed by atoms with Crippen LogP contribution in [0, 0.1) is 13.8 Å². The second-order valence-corrected chi connectivity index (χ2v) is 8.51. The van der Waals surface area contributed by atoms with E-state index in [1.807, 2.05) is 55.6 Å². The Balaban J connectivity index is 1.71. The van der Waals surface area contributed by atoms with E-state index in [9.17, 15) is 4.79 Å². The van der Waals surface area contributed by atoms with E-state index in [-0.39, 0.29) is 5.91 Å². The molecule has 1 saturated heterocycles. The summed E-state index contributed by atoms with van der Waals surface area (Å²) in [5, 5.41) is 3.30. The SMILES string of the molecule is Cc1ccc(C)n1C(=O)/C=C/Nc1ccccc1C1SCCCS1. The standard InChI is InChI=1S/C19H22N2OS2/c1-14-8-9-15(2)21(14)18(22)10-11-20-17-7-4-3-6-16(17)19-23-12-5-13-24-19/h3-4,6-11,19-20H,5,12-13H2,1-2H3/b11-10+. The first kappa shape index (κ1) is 17.2. The van der Waals surface area contributed by atoms with Crippen LogP contribution in [0.5, 0.6) is 0 Å². The van der Waals surface area contributed by atoms with Crippen LogP contribution >= 0.6 is 23.5 Å². The minimum Gasteiger partial charge on any atom is -0.361 e. The number of para-hydroxylation sites is 1. The molecule has 0 bridgehead atoms. The number of hydrogen-bond donors (Lipinski definition) is 1. The fraction of sp³-hybridized carbons (Fsp3) is 0.316. The third-order valence-corrected chi connectivity index (χ3v) is 6.98. The molecule has 0 amide bonds. The van der Waals surface area contributed by atoms with Gasteiger partial charge in [-0.3, -0.25) is 9.36 Å². The van der Waals surface area contributed by atoms with Crippen molar-refractivity contribution in [3.63, 3.8) is 0 Å². The highest BCUT2D eigenvalue weighted by molar-refractivity contribution is 8.16. The number of aromatic nitrogens is 1. The van der Waals surface area contributed by atoms with Gasteiger partial charge >= 0.3 is 0 Å². The van der Waals surface area contributed by atoms with Gasteiger partial charge in [-0.05, 0) is 55.5 Å². The first-order chi connectivity index (χ1) is 11.7. The van der Waals surface area contributed by atoms with Gasteiger partial charge in [-0.2, -0.15) is 0 Å². The van der Waals surface area contributed by atoms with E-state index < -0.39 is 0 Å². The molecule has 1 aromatic heterocycles. The lowest BCUT2D eigenvalue weighted by Crippen LogP contribution is -2.11. The van der Waals surface area contributed by atoms with Crippen molar-refractivity contribution in [1.82, 2.24) is 4.57 Å². The summed E-state index contributed by atoms with van der Waals surface area (Å²) in [7, 11) is 0. The topological polar surface area (TPSA) is 34.0 Å². The van der Waals surface area contributed by atoms with E-state index in [0.717, 1.165) is 17.1 Å². The molecule has 0 unspecified atom stereocenters. The van der Waals surface area contributed by atoms with Gasteiger partial charge in [-0.15, -0.1) is 23.5 Å². The lowest BCUT2D eigenvalue weighted by atomic mass is 10.2. The van der Waals surface area contributed by atoms with Crippen LogP contribution in [0.15, 0.2) is 48.7 Å². The largest absolute Gasteiger partial charge is 0.361 e. The van der Waals surface area contributed by atoms with E-state index in [0.29, 0.717) is 4.58 Å². The zero-order valence-electron chi connectivity index (χ0n) is 14.0. The Morgan fingerprint density at radius 3 is 2.50 bits per heavy atom. The lowest BCUT2D eigenvalue weighted by Gasteiger charge is -2.23. The highest BCUT2D eigenvalue weighted by atomic mass is 32.2. The first-order valence-electron chi connectivity index (χ1n) is 8.11. The molecule has 0 atom stereocenters. The Labute approximate surface area is 151 Å². The molecule has 1 N–H and O–H groups in total. The van der Waals surface area contributed by atoms with Crippen molar-refractivity contribution in [2.24, 2.45) is 0 Å². The Bertz CT molecular complexity index is 726. The molecule has 24 heavy (non-hydrogen) atoms. The second-order valence-electron chi connectivity index (χ2n) is 5.78. The van der Waals surface area contributed by atoms with Gasteiger partial charge in [0.05, 0.1) is 4.58 Å². The molecular formula is C19H22N2OS2. The highest BCUT2D eigenvalue weighted by Gasteiger charge is 2.18. The van der Waals surface area contributed by atoms with Crippen LogP contribution in [-0.4, -0.2) is 22.0 Å². The molecule has 5 heteroatoms. The third kappa shape index (κ3) is 3.90. The molecule has 1 fully saturated rings. The van der Waals surface area contributed by atoms with Crippen molar-refractivity contribution >= 4 is 35.1 Å². The maximum Gasteiger partial charge on any atom is 0.256 e. The minimum atomic E-state index is -0.0265. The van der Waals surface area contributed by atoms with Crippen LogP contribution in [0.4, 0.5) is 5.69 Å². The van der Waals surface area contributed by atoms with Gasteiger partial charge in [-0.1, -0.05) is 18.2 Å². The zero-order valence-corrected chi connectivity index (χ0v) is 15.6. The van der Waals surface area contributed by atoms with Crippen LogP contribution in [-0.2, 0) is 0 Å². The number of carbonyl (C=O) groups is 1. The Hall–Kier alpha value is -1.59. The van der Waals surface area contributed by atoms with Crippen LogP contribution in [0.2, 0.25) is 0 Å². The molecule has 1 aliphatic heterocycles. The number of rotatable bonds is 4. The number of nitrogens with one attached hydrogen (secondary N) is 1. The van der Waals surface area contributed by atoms with E-state index in [1.54, 1.807) is 16.8 Å². The van der Waals surface area contributed by atoms with Crippen LogP contribution < -0.4 is 5.32 Å². The van der Waals surface area contributed by atoms with Gasteiger partial charge < -0.3 is 5.32 Å². The van der Waals surface area contributed by atoms with E-state index in [1.165, 1.54) is 23.5 Å². The van der Waals surface area contributed by atoms with Gasteiger partial charge in [0.2, 0.25) is 0 Å². The summed E-state index contributed by atoms with van der Waals surface area (Å²) in [5.74, 6) is 2.40. The summed E-state index contributed by atoms with van der Waals surface area (Å²) in [6.07, 6.45) is 4.63. The summed E-state index contributed by atoms with van der Waals surface area (Å²) in [6, 6.07) is 12.3. The third-order valence-electron chi connectivity index (χ3n) is 4.00. The normalized spacial score (nSPS) is 15.8. The fourth-order valence-electron chi connectivity index (χ4n) is 2.79. The number of allylic oxidation sites excluding steroid dienone is 1. The average Bonchev–Trinajstić information content (AvgIpc) is 2.95. The maximum absolute atomic E-state index is 12.4. The maximum atomic E-state index is 12.4. The van der Waals surface area contributed by atoms with Crippen molar-refractivity contribution < 1.29 is 4.79 Å². The number of thioether (sulfide) groups is 2. The molecule has 0 saturated carbocycles. The molecule has 0 radical (unpaired) electrons. The summed E-state index contributed by atoms with van der Waals surface area (Å²) in [5.41, 5.74) is 4.29. The van der Waals surface area contributed by atoms with Crippen molar-refractivity contribution in [3.8, 4) is 0 Å². The van der Waals surface area contributed by atoms with Crippen LogP contribution in [0.3, 0.4) is 0 Å². The van der Waals surface area contributed by atoms with Crippen molar-refractivity contribution in [1.29, 1.82) is 0 Å². The van der Waals surface area contributed by atoms with Gasteiger partial charge in [0.15, 0.2) is 0 Å². The predicted octanol–water partition coefficient (Wildman–Crippen LogP) is 5.24. The monoisotopic (exact) mass is 358 g/mol. The van der Waals surface area contributed by atoms with Gasteiger partial charge in [0.1, 0.15) is 0 Å². The molecule has 0 spiro atoms. The molecule has 126 valence electrons. The molecule has 3 rings (SSSR count). The molecule has 0 aliphatic carbocycles. The second kappa shape index (κ2) is 7.99. The van der Waals surface area contributed by atoms with Crippen molar-refractivity contribution in [2.75, 3.05) is 16.8 Å². The summed E-state index contributed by atoms with van der Waals surface area (Å²) in [4.78, 5) is 12.4. The highest BCUT2D eigenvalue weighted by Crippen LogP contribution is 2.45. The predicted molar refractivity (Wildman–Crippen MR) is 106 cm³/mol. The number of carbonyl (C=O) groups excluding carboxylic acids is 1. The number of aryl methyl sites for hydroxylation is 2. The Morgan fingerprint density at radius 2 is 1.79 bits per heavy atom. The summed E-state index contributed by atoms with van der Waals surface area (Å²) < 4.78 is 2.19. The Kier molecular flexibility index (Phi) is 5.74. The van der Waals surface area contributed by atoms with E-state index in [2.05, 4.69) is 23.5 Å². The molecule has 2 aromatic rings. The summed E-state index contributed by atoms with van der Waals surface area (Å²) in [6.45, 7) is 3.89. The smallest absolute Gasteiger partial charge is 0.256 e. The molecule has 1 aliphatic rings.